The van der Waals surface area contributed by atoms with E-state index in [4.69, 9.17) is 9.84 Å². The third-order valence-electron chi connectivity index (χ3n) is 3.06. The molecule has 1 aromatic rings. The van der Waals surface area contributed by atoms with Crippen molar-refractivity contribution in [2.45, 2.75) is 23.8 Å². The summed E-state index contributed by atoms with van der Waals surface area (Å²) >= 11 is 0. The highest BCUT2D eigenvalue weighted by Crippen LogP contribution is 2.20. The number of aromatic carboxylic acids is 1. The van der Waals surface area contributed by atoms with Gasteiger partial charge in [0.2, 0.25) is 10.0 Å². The van der Waals surface area contributed by atoms with E-state index in [-0.39, 0.29) is 12.6 Å². The van der Waals surface area contributed by atoms with Crippen molar-refractivity contribution in [3.63, 3.8) is 0 Å². The number of ether oxygens (including phenoxy) is 1. The maximum absolute atomic E-state index is 13.6. The van der Waals surface area contributed by atoms with Gasteiger partial charge in [-0.05, 0) is 25.0 Å². The Labute approximate surface area is 119 Å². The van der Waals surface area contributed by atoms with Gasteiger partial charge in [0.15, 0.2) is 11.6 Å². The van der Waals surface area contributed by atoms with E-state index in [1.54, 1.807) is 0 Å². The van der Waals surface area contributed by atoms with Crippen LogP contribution in [0.4, 0.5) is 8.78 Å². The lowest BCUT2D eigenvalue weighted by Gasteiger charge is -2.12. The van der Waals surface area contributed by atoms with E-state index >= 15 is 0 Å². The molecule has 0 bridgehead atoms. The van der Waals surface area contributed by atoms with Crippen molar-refractivity contribution >= 4 is 16.0 Å². The number of benzene rings is 1. The highest BCUT2D eigenvalue weighted by atomic mass is 32.2. The lowest BCUT2D eigenvalue weighted by molar-refractivity contribution is 0.0696. The first-order chi connectivity index (χ1) is 9.81. The summed E-state index contributed by atoms with van der Waals surface area (Å²) in [5.41, 5.74) is -0.647. The van der Waals surface area contributed by atoms with Crippen molar-refractivity contribution in [3.05, 3.63) is 29.3 Å². The Morgan fingerprint density at radius 3 is 2.71 bits per heavy atom. The van der Waals surface area contributed by atoms with E-state index < -0.39 is 38.1 Å². The fraction of sp³-hybridized carbons (Fsp3) is 0.417. The van der Waals surface area contributed by atoms with Gasteiger partial charge in [0.25, 0.3) is 0 Å². The molecule has 1 fully saturated rings. The van der Waals surface area contributed by atoms with Gasteiger partial charge < -0.3 is 9.84 Å². The van der Waals surface area contributed by atoms with E-state index in [0.29, 0.717) is 25.2 Å². The van der Waals surface area contributed by atoms with Gasteiger partial charge in [-0.2, -0.15) is 0 Å². The van der Waals surface area contributed by atoms with E-state index in [1.807, 2.05) is 0 Å². The predicted molar refractivity (Wildman–Crippen MR) is 67.5 cm³/mol. The number of hydrogen-bond donors (Lipinski definition) is 2. The second-order valence-corrected chi connectivity index (χ2v) is 6.30. The number of halogens is 2. The zero-order valence-electron chi connectivity index (χ0n) is 10.8. The lowest BCUT2D eigenvalue weighted by atomic mass is 10.2. The summed E-state index contributed by atoms with van der Waals surface area (Å²) < 4.78 is 58.2. The largest absolute Gasteiger partial charge is 0.478 e. The molecule has 9 heteroatoms. The number of carboxylic acids is 1. The van der Waals surface area contributed by atoms with Crippen LogP contribution >= 0.6 is 0 Å². The zero-order valence-corrected chi connectivity index (χ0v) is 11.6. The topological polar surface area (TPSA) is 92.7 Å². The molecular weight excluding hydrogens is 308 g/mol. The van der Waals surface area contributed by atoms with Crippen molar-refractivity contribution in [1.82, 2.24) is 4.72 Å². The van der Waals surface area contributed by atoms with Crippen molar-refractivity contribution in [2.24, 2.45) is 0 Å². The average molecular weight is 321 g/mol. The smallest absolute Gasteiger partial charge is 0.335 e. The van der Waals surface area contributed by atoms with Crippen LogP contribution in [0.3, 0.4) is 0 Å². The van der Waals surface area contributed by atoms with E-state index in [1.165, 1.54) is 0 Å². The van der Waals surface area contributed by atoms with Gasteiger partial charge in [-0.1, -0.05) is 0 Å². The summed E-state index contributed by atoms with van der Waals surface area (Å²) in [5, 5.41) is 8.77. The van der Waals surface area contributed by atoms with Gasteiger partial charge in [-0.3, -0.25) is 0 Å². The molecule has 1 saturated heterocycles. The third-order valence-corrected chi connectivity index (χ3v) is 4.48. The first kappa shape index (κ1) is 15.8. The first-order valence-electron chi connectivity index (χ1n) is 6.15. The van der Waals surface area contributed by atoms with E-state index in [9.17, 15) is 22.0 Å². The Hall–Kier alpha value is -1.58. The molecule has 0 aliphatic carbocycles. The van der Waals surface area contributed by atoms with E-state index in [0.717, 1.165) is 6.42 Å². The summed E-state index contributed by atoms with van der Waals surface area (Å²) in [6.45, 7) is 0.435. The second kappa shape index (κ2) is 6.04. The number of hydrogen-bond acceptors (Lipinski definition) is 4. The number of sulfonamides is 1. The van der Waals surface area contributed by atoms with Crippen LogP contribution in [0.2, 0.25) is 0 Å². The molecule has 1 aliphatic heterocycles. The Balaban J connectivity index is 2.27. The molecule has 1 atom stereocenters. The van der Waals surface area contributed by atoms with Crippen molar-refractivity contribution in [2.75, 3.05) is 13.2 Å². The molecule has 116 valence electrons. The fourth-order valence-corrected chi connectivity index (χ4v) is 3.14. The highest BCUT2D eigenvalue weighted by Gasteiger charge is 2.26. The normalized spacial score (nSPS) is 18.9. The van der Waals surface area contributed by atoms with Gasteiger partial charge >= 0.3 is 5.97 Å². The molecule has 6 nitrogen and oxygen atoms in total. The van der Waals surface area contributed by atoms with Gasteiger partial charge in [0, 0.05) is 13.2 Å². The van der Waals surface area contributed by atoms with Gasteiger partial charge in [-0.25, -0.2) is 26.7 Å². The maximum Gasteiger partial charge on any atom is 0.335 e. The Morgan fingerprint density at radius 1 is 1.43 bits per heavy atom. The number of rotatable bonds is 5. The predicted octanol–water partition coefficient (Wildman–Crippen LogP) is 1.12. The Morgan fingerprint density at radius 2 is 2.14 bits per heavy atom. The maximum atomic E-state index is 13.6. The molecule has 0 radical (unpaired) electrons. The molecule has 1 heterocycles. The standard InChI is InChI=1S/C12H13F2NO5S/c13-9-4-7(12(16)17)5-10(11(9)14)21(18,19)15-6-8-2-1-3-20-8/h4-5,8,15H,1-3,6H2,(H,16,17). The van der Waals surface area contributed by atoms with Crippen LogP contribution in [0.15, 0.2) is 17.0 Å². The van der Waals surface area contributed by atoms with Crippen LogP contribution in [0, 0.1) is 11.6 Å². The number of carbonyl (C=O) groups is 1. The van der Waals surface area contributed by atoms with Crippen LogP contribution < -0.4 is 4.72 Å². The first-order valence-corrected chi connectivity index (χ1v) is 7.63. The lowest BCUT2D eigenvalue weighted by Crippen LogP contribution is -2.32. The Bertz CT molecular complexity index is 656. The number of carboxylic acid groups (broad SMARTS) is 1. The monoisotopic (exact) mass is 321 g/mol. The summed E-state index contributed by atoms with van der Waals surface area (Å²) in [4.78, 5) is 9.76. The highest BCUT2D eigenvalue weighted by molar-refractivity contribution is 7.89. The van der Waals surface area contributed by atoms with Crippen molar-refractivity contribution < 1.29 is 31.8 Å². The molecule has 1 unspecified atom stereocenters. The molecule has 2 N–H and O–H groups in total. The molecule has 0 amide bonds. The second-order valence-electron chi connectivity index (χ2n) is 4.56. The third kappa shape index (κ3) is 3.55. The SMILES string of the molecule is O=C(O)c1cc(F)c(F)c(S(=O)(=O)NCC2CCCO2)c1. The average Bonchev–Trinajstić information content (AvgIpc) is 2.92. The summed E-state index contributed by atoms with van der Waals surface area (Å²) in [6, 6.07) is 1.01. The molecular formula is C12H13F2NO5S. The van der Waals surface area contributed by atoms with Crippen LogP contribution in [0.25, 0.3) is 0 Å². The van der Waals surface area contributed by atoms with Crippen LogP contribution in [-0.2, 0) is 14.8 Å². The van der Waals surface area contributed by atoms with Crippen LogP contribution in [0.5, 0.6) is 0 Å². The van der Waals surface area contributed by atoms with Gasteiger partial charge in [0.05, 0.1) is 11.7 Å². The molecule has 1 aliphatic rings. The molecule has 2 rings (SSSR count). The Kier molecular flexibility index (Phi) is 4.55. The van der Waals surface area contributed by atoms with Crippen molar-refractivity contribution in [1.29, 1.82) is 0 Å². The molecule has 0 spiro atoms. The quantitative estimate of drug-likeness (QED) is 0.848. The minimum absolute atomic E-state index is 0.0826. The summed E-state index contributed by atoms with van der Waals surface area (Å²) in [7, 11) is -4.37. The van der Waals surface area contributed by atoms with Crippen LogP contribution in [-0.4, -0.2) is 38.7 Å². The molecule has 1 aromatic carbocycles. The summed E-state index contributed by atoms with van der Waals surface area (Å²) in [6.07, 6.45) is 1.13. The minimum atomic E-state index is -4.37. The molecule has 21 heavy (non-hydrogen) atoms. The molecule has 0 aromatic heterocycles. The fourth-order valence-electron chi connectivity index (χ4n) is 1.97. The van der Waals surface area contributed by atoms with Gasteiger partial charge in [-0.15, -0.1) is 0 Å². The minimum Gasteiger partial charge on any atom is -0.478 e. The zero-order chi connectivity index (χ0) is 15.6. The van der Waals surface area contributed by atoms with Gasteiger partial charge in [0.1, 0.15) is 4.90 Å². The molecule has 0 saturated carbocycles. The van der Waals surface area contributed by atoms with Crippen molar-refractivity contribution in [3.8, 4) is 0 Å². The number of nitrogens with one attached hydrogen (secondary N) is 1. The van der Waals surface area contributed by atoms with E-state index in [2.05, 4.69) is 4.72 Å². The van der Waals surface area contributed by atoms with Crippen LogP contribution in [0.1, 0.15) is 23.2 Å². The summed E-state index contributed by atoms with van der Waals surface area (Å²) in [5.74, 6) is -4.70.